The van der Waals surface area contributed by atoms with Crippen molar-refractivity contribution >= 4 is 23.0 Å². The van der Waals surface area contributed by atoms with Crippen molar-refractivity contribution in [1.29, 1.82) is 0 Å². The number of carbonyl (C=O) groups excluding carboxylic acids is 1. The topological polar surface area (TPSA) is 81.6 Å². The third kappa shape index (κ3) is 2.32. The van der Waals surface area contributed by atoms with Crippen LogP contribution in [0.3, 0.4) is 0 Å². The first kappa shape index (κ1) is 12.9. The Hall–Kier alpha value is -2.15. The molecule has 2 heterocycles. The van der Waals surface area contributed by atoms with Gasteiger partial charge >= 0.3 is 0 Å². The fourth-order valence-electron chi connectivity index (χ4n) is 2.33. The van der Waals surface area contributed by atoms with E-state index in [-0.39, 0.29) is 18.0 Å². The second-order valence-electron chi connectivity index (χ2n) is 4.68. The number of anilines is 1. The lowest BCUT2D eigenvalue weighted by Crippen LogP contribution is -2.47. The molecule has 0 bridgehead atoms. The van der Waals surface area contributed by atoms with E-state index in [4.69, 9.17) is 14.9 Å². The molecule has 7 heteroatoms. The van der Waals surface area contributed by atoms with Gasteiger partial charge in [0.1, 0.15) is 5.52 Å². The van der Waals surface area contributed by atoms with E-state index in [1.807, 2.05) is 0 Å². The summed E-state index contributed by atoms with van der Waals surface area (Å²) in [5, 5.41) is 0. The second kappa shape index (κ2) is 5.09. The molecule has 0 spiro atoms. The second-order valence-corrected chi connectivity index (χ2v) is 4.68. The van der Waals surface area contributed by atoms with Crippen LogP contribution >= 0.6 is 0 Å². The Labute approximate surface area is 114 Å². The van der Waals surface area contributed by atoms with Crippen LogP contribution in [0.2, 0.25) is 0 Å². The summed E-state index contributed by atoms with van der Waals surface area (Å²) in [5.41, 5.74) is 5.80. The van der Waals surface area contributed by atoms with Crippen LogP contribution in [0, 0.1) is 5.82 Å². The quantitative estimate of drug-likeness (QED) is 0.908. The van der Waals surface area contributed by atoms with Gasteiger partial charge in [0, 0.05) is 13.0 Å². The molecule has 0 aliphatic carbocycles. The minimum Gasteiger partial charge on any atom is -0.423 e. The van der Waals surface area contributed by atoms with E-state index in [1.165, 1.54) is 6.07 Å². The van der Waals surface area contributed by atoms with Crippen LogP contribution < -0.4 is 10.6 Å². The van der Waals surface area contributed by atoms with E-state index < -0.39 is 11.7 Å². The van der Waals surface area contributed by atoms with Crippen molar-refractivity contribution in [3.05, 3.63) is 24.0 Å². The van der Waals surface area contributed by atoms with Crippen LogP contribution in [-0.4, -0.2) is 36.7 Å². The minimum atomic E-state index is -0.433. The Bertz CT molecular complexity index is 643. The molecule has 6 nitrogen and oxygen atoms in total. The number of oxazole rings is 1. The highest BCUT2D eigenvalue weighted by atomic mass is 19.1. The Morgan fingerprint density at radius 2 is 2.40 bits per heavy atom. The molecule has 20 heavy (non-hydrogen) atoms. The average Bonchev–Trinajstić information content (AvgIpc) is 2.84. The van der Waals surface area contributed by atoms with Gasteiger partial charge in [-0.2, -0.15) is 4.98 Å². The van der Waals surface area contributed by atoms with Gasteiger partial charge in [-0.05, 0) is 12.1 Å². The first-order chi connectivity index (χ1) is 9.65. The Morgan fingerprint density at radius 1 is 1.55 bits per heavy atom. The maximum absolute atomic E-state index is 13.6. The SMILES string of the molecule is NC(=O)CC1COCCN1c1nc2c(F)cccc2o1. The zero-order valence-electron chi connectivity index (χ0n) is 10.7. The number of para-hydroxylation sites is 1. The third-order valence-corrected chi connectivity index (χ3v) is 3.27. The molecule has 2 N–H and O–H groups in total. The largest absolute Gasteiger partial charge is 0.423 e. The van der Waals surface area contributed by atoms with Crippen LogP contribution in [0.5, 0.6) is 0 Å². The molecule has 106 valence electrons. The van der Waals surface area contributed by atoms with Crippen molar-refractivity contribution in [2.24, 2.45) is 5.73 Å². The summed E-state index contributed by atoms with van der Waals surface area (Å²) in [6, 6.07) is 4.59. The molecule has 1 saturated heterocycles. The van der Waals surface area contributed by atoms with Gasteiger partial charge in [-0.3, -0.25) is 4.79 Å². The number of aromatic nitrogens is 1. The highest BCUT2D eigenvalue weighted by Gasteiger charge is 2.28. The van der Waals surface area contributed by atoms with Crippen LogP contribution in [0.25, 0.3) is 11.1 Å². The van der Waals surface area contributed by atoms with E-state index in [2.05, 4.69) is 4.98 Å². The van der Waals surface area contributed by atoms with Crippen molar-refractivity contribution in [3.8, 4) is 0 Å². The zero-order valence-corrected chi connectivity index (χ0v) is 10.7. The van der Waals surface area contributed by atoms with E-state index in [0.717, 1.165) is 0 Å². The van der Waals surface area contributed by atoms with E-state index in [1.54, 1.807) is 17.0 Å². The van der Waals surface area contributed by atoms with Crippen molar-refractivity contribution < 1.29 is 18.3 Å². The highest BCUT2D eigenvalue weighted by molar-refractivity contribution is 5.76. The van der Waals surface area contributed by atoms with Gasteiger partial charge in [0.05, 0.1) is 19.3 Å². The molecule has 3 rings (SSSR count). The van der Waals surface area contributed by atoms with E-state index in [9.17, 15) is 9.18 Å². The number of ether oxygens (including phenoxy) is 1. The monoisotopic (exact) mass is 279 g/mol. The lowest BCUT2D eigenvalue weighted by Gasteiger charge is -2.33. The Morgan fingerprint density at radius 3 is 3.15 bits per heavy atom. The smallest absolute Gasteiger partial charge is 0.298 e. The number of benzene rings is 1. The number of amides is 1. The summed E-state index contributed by atoms with van der Waals surface area (Å²) in [6.45, 7) is 1.38. The Balaban J connectivity index is 1.95. The van der Waals surface area contributed by atoms with Crippen molar-refractivity contribution in [3.63, 3.8) is 0 Å². The number of carbonyl (C=O) groups is 1. The summed E-state index contributed by atoms with van der Waals surface area (Å²) >= 11 is 0. The van der Waals surface area contributed by atoms with E-state index >= 15 is 0 Å². The normalized spacial score (nSPS) is 19.4. The summed E-state index contributed by atoms with van der Waals surface area (Å²) < 4.78 is 24.5. The molecule has 1 atom stereocenters. The summed E-state index contributed by atoms with van der Waals surface area (Å²) in [7, 11) is 0. The highest BCUT2D eigenvalue weighted by Crippen LogP contribution is 2.26. The molecule has 1 aliphatic rings. The molecule has 0 radical (unpaired) electrons. The van der Waals surface area contributed by atoms with Gasteiger partial charge in [-0.1, -0.05) is 6.07 Å². The summed E-state index contributed by atoms with van der Waals surface area (Å²) in [5.74, 6) is -0.856. The maximum Gasteiger partial charge on any atom is 0.298 e. The summed E-state index contributed by atoms with van der Waals surface area (Å²) in [4.78, 5) is 17.1. The zero-order chi connectivity index (χ0) is 14.1. The minimum absolute atomic E-state index is 0.140. The molecule has 1 aromatic carbocycles. The number of hydrogen-bond donors (Lipinski definition) is 1. The predicted octanol–water partition coefficient (Wildman–Crippen LogP) is 1.05. The number of fused-ring (bicyclic) bond motifs is 1. The molecule has 1 unspecified atom stereocenters. The van der Waals surface area contributed by atoms with Gasteiger partial charge in [0.25, 0.3) is 6.01 Å². The van der Waals surface area contributed by atoms with Crippen LogP contribution in [0.1, 0.15) is 6.42 Å². The van der Waals surface area contributed by atoms with Crippen molar-refractivity contribution in [2.75, 3.05) is 24.7 Å². The number of morpholine rings is 1. The molecule has 1 amide bonds. The van der Waals surface area contributed by atoms with Crippen LogP contribution in [0.15, 0.2) is 22.6 Å². The maximum atomic E-state index is 13.6. The van der Waals surface area contributed by atoms with Crippen molar-refractivity contribution in [2.45, 2.75) is 12.5 Å². The number of hydrogen-bond acceptors (Lipinski definition) is 5. The molecule has 1 aromatic heterocycles. The first-order valence-electron chi connectivity index (χ1n) is 6.33. The van der Waals surface area contributed by atoms with Gasteiger partial charge in [-0.15, -0.1) is 0 Å². The predicted molar refractivity (Wildman–Crippen MR) is 69.7 cm³/mol. The van der Waals surface area contributed by atoms with Gasteiger partial charge in [0.15, 0.2) is 11.4 Å². The van der Waals surface area contributed by atoms with Crippen LogP contribution in [-0.2, 0) is 9.53 Å². The van der Waals surface area contributed by atoms with Gasteiger partial charge in [-0.25, -0.2) is 4.39 Å². The number of nitrogens with two attached hydrogens (primary N) is 1. The average molecular weight is 279 g/mol. The van der Waals surface area contributed by atoms with Crippen molar-refractivity contribution in [1.82, 2.24) is 4.98 Å². The number of primary amides is 1. The fraction of sp³-hybridized carbons (Fsp3) is 0.385. The fourth-order valence-corrected chi connectivity index (χ4v) is 2.33. The molecule has 1 aliphatic heterocycles. The van der Waals surface area contributed by atoms with Gasteiger partial charge in [0.2, 0.25) is 5.91 Å². The number of rotatable bonds is 3. The first-order valence-corrected chi connectivity index (χ1v) is 6.33. The lowest BCUT2D eigenvalue weighted by atomic mass is 10.1. The molecule has 2 aromatic rings. The standard InChI is InChI=1S/C13H14FN3O3/c14-9-2-1-3-10-12(9)16-13(20-10)17-4-5-19-7-8(17)6-11(15)18/h1-3,8H,4-7H2,(H2,15,18). The molecule has 0 saturated carbocycles. The number of halogens is 1. The third-order valence-electron chi connectivity index (χ3n) is 3.27. The Kier molecular flexibility index (Phi) is 3.27. The lowest BCUT2D eigenvalue weighted by molar-refractivity contribution is -0.118. The molecular formula is C13H14FN3O3. The summed E-state index contributed by atoms with van der Waals surface area (Å²) in [6.07, 6.45) is 0.140. The number of nitrogens with zero attached hydrogens (tertiary/aromatic N) is 2. The van der Waals surface area contributed by atoms with E-state index in [0.29, 0.717) is 31.4 Å². The van der Waals surface area contributed by atoms with Crippen LogP contribution in [0.4, 0.5) is 10.4 Å². The molecule has 1 fully saturated rings. The van der Waals surface area contributed by atoms with Gasteiger partial charge < -0.3 is 19.8 Å². The molecular weight excluding hydrogens is 265 g/mol.